The smallest absolute Gasteiger partial charge is 0.0483 e. The lowest BCUT2D eigenvalue weighted by atomic mass is 9.92. The topological polar surface area (TPSA) is 17.0 Å². The maximum absolute atomic E-state index is 3.51. The van der Waals surface area contributed by atoms with Gasteiger partial charge in [0.25, 0.3) is 0 Å². The van der Waals surface area contributed by atoms with Crippen LogP contribution in [0.2, 0.25) is 0 Å². The third-order valence-electron chi connectivity index (χ3n) is 3.71. The van der Waals surface area contributed by atoms with E-state index in [1.807, 2.05) is 0 Å². The monoisotopic (exact) mass is 272 g/mol. The molecule has 110 valence electrons. The summed E-state index contributed by atoms with van der Waals surface area (Å²) in [6.45, 7) is 13.3. The predicted octanol–water partition coefficient (Wildman–Crippen LogP) is 4.58. The van der Waals surface area contributed by atoms with Crippen molar-refractivity contribution in [3.63, 3.8) is 0 Å². The highest BCUT2D eigenvalue weighted by Gasteiger charge is 2.11. The molecule has 1 aromatic heterocycles. The number of nitrogens with one attached hydrogen (secondary N) is 1. The predicted molar refractivity (Wildman–Crippen MR) is 88.0 cm³/mol. The van der Waals surface area contributed by atoms with Crippen LogP contribution in [0.1, 0.15) is 46.6 Å². The summed E-state index contributed by atoms with van der Waals surface area (Å²) < 4.78 is 2.39. The average molecular weight is 272 g/mol. The Hall–Kier alpha value is -1.28. The van der Waals surface area contributed by atoms with E-state index in [2.05, 4.69) is 75.0 Å². The van der Waals surface area contributed by atoms with Crippen LogP contribution in [-0.4, -0.2) is 10.6 Å². The highest BCUT2D eigenvalue weighted by atomic mass is 15.0. The number of aromatic nitrogens is 1. The Morgan fingerprint density at radius 3 is 2.55 bits per heavy atom. The van der Waals surface area contributed by atoms with Crippen molar-refractivity contribution >= 4 is 10.9 Å². The van der Waals surface area contributed by atoms with E-state index >= 15 is 0 Å². The Morgan fingerprint density at radius 2 is 1.90 bits per heavy atom. The summed E-state index contributed by atoms with van der Waals surface area (Å²) in [4.78, 5) is 0. The van der Waals surface area contributed by atoms with Crippen molar-refractivity contribution in [3.8, 4) is 0 Å². The third kappa shape index (κ3) is 3.86. The first-order chi connectivity index (χ1) is 9.37. The van der Waals surface area contributed by atoms with E-state index in [0.717, 1.165) is 13.1 Å². The average Bonchev–Trinajstić information content (AvgIpc) is 2.76. The first-order valence-electron chi connectivity index (χ1n) is 7.67. The summed E-state index contributed by atoms with van der Waals surface area (Å²) in [6.07, 6.45) is 3.43. The second kappa shape index (κ2) is 6.01. The molecule has 1 heterocycles. The van der Waals surface area contributed by atoms with Gasteiger partial charge in [0.2, 0.25) is 0 Å². The van der Waals surface area contributed by atoms with Crippen LogP contribution in [0.3, 0.4) is 0 Å². The minimum atomic E-state index is 0.382. The van der Waals surface area contributed by atoms with Crippen molar-refractivity contribution in [2.24, 2.45) is 5.41 Å². The van der Waals surface area contributed by atoms with Crippen LogP contribution in [0.25, 0.3) is 10.9 Å². The van der Waals surface area contributed by atoms with Crippen molar-refractivity contribution in [1.29, 1.82) is 0 Å². The molecule has 2 heteroatoms. The molecule has 0 saturated carbocycles. The number of hydrogen-bond acceptors (Lipinski definition) is 1. The van der Waals surface area contributed by atoms with E-state index in [1.54, 1.807) is 0 Å². The van der Waals surface area contributed by atoms with Crippen LogP contribution in [-0.2, 0) is 13.1 Å². The molecule has 0 atom stereocenters. The lowest BCUT2D eigenvalue weighted by Crippen LogP contribution is -2.21. The van der Waals surface area contributed by atoms with Gasteiger partial charge in [-0.2, -0.15) is 0 Å². The summed E-state index contributed by atoms with van der Waals surface area (Å²) in [7, 11) is 0. The number of hydrogen-bond donors (Lipinski definition) is 1. The van der Waals surface area contributed by atoms with Crippen LogP contribution in [0.15, 0.2) is 30.5 Å². The zero-order valence-electron chi connectivity index (χ0n) is 13.5. The highest BCUT2D eigenvalue weighted by Crippen LogP contribution is 2.24. The van der Waals surface area contributed by atoms with Crippen LogP contribution >= 0.6 is 0 Å². The fourth-order valence-corrected chi connectivity index (χ4v) is 2.41. The van der Waals surface area contributed by atoms with Crippen LogP contribution < -0.4 is 5.32 Å². The van der Waals surface area contributed by atoms with Gasteiger partial charge in [-0.05, 0) is 29.5 Å². The summed E-state index contributed by atoms with van der Waals surface area (Å²) in [5.41, 5.74) is 3.14. The van der Waals surface area contributed by atoms with E-state index in [9.17, 15) is 0 Å². The molecule has 0 aliphatic carbocycles. The quantitative estimate of drug-likeness (QED) is 0.843. The van der Waals surface area contributed by atoms with Gasteiger partial charge in [0, 0.05) is 36.2 Å². The van der Waals surface area contributed by atoms with E-state index in [1.165, 1.54) is 22.9 Å². The van der Waals surface area contributed by atoms with Gasteiger partial charge < -0.3 is 9.88 Å². The molecule has 2 nitrogen and oxygen atoms in total. The number of rotatable bonds is 5. The molecule has 1 N–H and O–H groups in total. The molecule has 2 rings (SSSR count). The Balaban J connectivity index is 2.21. The van der Waals surface area contributed by atoms with Gasteiger partial charge in [-0.15, -0.1) is 0 Å². The number of nitrogens with zero attached hydrogens (tertiary/aromatic N) is 1. The summed E-state index contributed by atoms with van der Waals surface area (Å²) in [5, 5.41) is 4.89. The van der Waals surface area contributed by atoms with Crippen molar-refractivity contribution < 1.29 is 0 Å². The molecular weight excluding hydrogens is 244 g/mol. The van der Waals surface area contributed by atoms with E-state index < -0.39 is 0 Å². The molecule has 20 heavy (non-hydrogen) atoms. The lowest BCUT2D eigenvalue weighted by molar-refractivity contribution is 0.353. The van der Waals surface area contributed by atoms with Gasteiger partial charge in [-0.25, -0.2) is 0 Å². The Morgan fingerprint density at radius 1 is 1.15 bits per heavy atom. The third-order valence-corrected chi connectivity index (χ3v) is 3.71. The fourth-order valence-electron chi connectivity index (χ4n) is 2.41. The first kappa shape index (κ1) is 15.1. The molecule has 0 radical (unpaired) electrons. The lowest BCUT2D eigenvalue weighted by Gasteiger charge is -2.18. The molecule has 0 aliphatic rings. The largest absolute Gasteiger partial charge is 0.347 e. The number of fused-ring (bicyclic) bond motifs is 1. The molecule has 0 unspecified atom stereocenters. The molecule has 0 amide bonds. The van der Waals surface area contributed by atoms with Crippen molar-refractivity contribution in [1.82, 2.24) is 9.88 Å². The molecule has 1 aromatic carbocycles. The van der Waals surface area contributed by atoms with E-state index in [4.69, 9.17) is 0 Å². The SMILES string of the molecule is CC(C)NCc1cccc2c1ccn2CCC(C)(C)C. The number of aryl methyl sites for hydroxylation is 1. The minimum Gasteiger partial charge on any atom is -0.347 e. The van der Waals surface area contributed by atoms with E-state index in [-0.39, 0.29) is 0 Å². The molecule has 0 spiro atoms. The van der Waals surface area contributed by atoms with Gasteiger partial charge in [0.1, 0.15) is 0 Å². The number of benzene rings is 1. The molecule has 0 aliphatic heterocycles. The summed E-state index contributed by atoms with van der Waals surface area (Å²) in [5.74, 6) is 0. The maximum Gasteiger partial charge on any atom is 0.0483 e. The van der Waals surface area contributed by atoms with Crippen LogP contribution in [0.5, 0.6) is 0 Å². The molecule has 0 fully saturated rings. The minimum absolute atomic E-state index is 0.382. The summed E-state index contributed by atoms with van der Waals surface area (Å²) >= 11 is 0. The van der Waals surface area contributed by atoms with Crippen molar-refractivity contribution in [2.75, 3.05) is 0 Å². The second-order valence-corrected chi connectivity index (χ2v) is 7.21. The zero-order valence-corrected chi connectivity index (χ0v) is 13.5. The molecule has 0 bridgehead atoms. The molecule has 2 aromatic rings. The Bertz CT molecular complexity index is 558. The molecule has 0 saturated heterocycles. The molecular formula is C18H28N2. The summed E-state index contributed by atoms with van der Waals surface area (Å²) in [6, 6.07) is 9.42. The Labute approximate surface area is 123 Å². The fraction of sp³-hybridized carbons (Fsp3) is 0.556. The zero-order chi connectivity index (χ0) is 14.8. The van der Waals surface area contributed by atoms with Gasteiger partial charge in [-0.1, -0.05) is 46.8 Å². The highest BCUT2D eigenvalue weighted by molar-refractivity contribution is 5.83. The van der Waals surface area contributed by atoms with Crippen molar-refractivity contribution in [2.45, 2.75) is 60.2 Å². The van der Waals surface area contributed by atoms with Crippen LogP contribution in [0, 0.1) is 5.41 Å². The first-order valence-corrected chi connectivity index (χ1v) is 7.67. The van der Waals surface area contributed by atoms with Crippen molar-refractivity contribution in [3.05, 3.63) is 36.0 Å². The maximum atomic E-state index is 3.51. The second-order valence-electron chi connectivity index (χ2n) is 7.21. The standard InChI is InChI=1S/C18H28N2/c1-14(2)19-13-15-7-6-8-17-16(15)9-11-20(17)12-10-18(3,4)5/h6-9,11,14,19H,10,12-13H2,1-5H3. The van der Waals surface area contributed by atoms with E-state index in [0.29, 0.717) is 11.5 Å². The van der Waals surface area contributed by atoms with Gasteiger partial charge in [0.15, 0.2) is 0 Å². The normalized spacial score (nSPS) is 12.5. The van der Waals surface area contributed by atoms with Gasteiger partial charge in [0.05, 0.1) is 0 Å². The van der Waals surface area contributed by atoms with Gasteiger partial charge in [-0.3, -0.25) is 0 Å². The Kier molecular flexibility index (Phi) is 4.54. The van der Waals surface area contributed by atoms with Gasteiger partial charge >= 0.3 is 0 Å². The van der Waals surface area contributed by atoms with Crippen LogP contribution in [0.4, 0.5) is 0 Å².